The number of ether oxygens (including phenoxy) is 1. The maximum atomic E-state index is 9.54. The first-order valence-corrected chi connectivity index (χ1v) is 4.70. The van der Waals surface area contributed by atoms with Crippen molar-refractivity contribution in [1.29, 1.82) is 0 Å². The zero-order valence-electron chi connectivity index (χ0n) is 7.33. The van der Waals surface area contributed by atoms with Gasteiger partial charge in [-0.1, -0.05) is 15.9 Å². The smallest absolute Gasteiger partial charge is 0.124 e. The number of methoxy groups -OCH3 is 1. The molecule has 0 saturated carbocycles. The first kappa shape index (κ1) is 10.5. The minimum Gasteiger partial charge on any atom is -0.496 e. The molecule has 3 nitrogen and oxygen atoms in total. The van der Waals surface area contributed by atoms with Crippen LogP contribution >= 0.6 is 15.9 Å². The van der Waals surface area contributed by atoms with Crippen LogP contribution in [0, 0.1) is 0 Å². The van der Waals surface area contributed by atoms with Crippen molar-refractivity contribution in [2.75, 3.05) is 13.7 Å². The summed E-state index contributed by atoms with van der Waals surface area (Å²) < 4.78 is 5.99. The third-order valence-electron chi connectivity index (χ3n) is 1.77. The summed E-state index contributed by atoms with van der Waals surface area (Å²) in [5.41, 5.74) is 6.06. The number of hydrogen-bond acceptors (Lipinski definition) is 3. The molecule has 0 radical (unpaired) electrons. The van der Waals surface area contributed by atoms with Gasteiger partial charge >= 0.3 is 0 Å². The Hall–Kier alpha value is -0.580. The molecule has 1 aromatic carbocycles. The Balaban J connectivity index is 3.07. The number of aliphatic hydroxyl groups excluding tert-OH is 1. The molecule has 0 bridgehead atoms. The molecule has 0 aromatic heterocycles. The lowest BCUT2D eigenvalue weighted by molar-refractivity contribution is 0.182. The Morgan fingerprint density at radius 1 is 1.62 bits per heavy atom. The average molecular weight is 246 g/mol. The topological polar surface area (TPSA) is 55.5 Å². The third-order valence-corrected chi connectivity index (χ3v) is 2.27. The Kier molecular flexibility index (Phi) is 3.71. The van der Waals surface area contributed by atoms with Crippen LogP contribution < -0.4 is 10.5 Å². The van der Waals surface area contributed by atoms with Crippen molar-refractivity contribution in [3.05, 3.63) is 28.2 Å². The second kappa shape index (κ2) is 4.60. The minimum absolute atomic E-state index is 0.187. The highest BCUT2D eigenvalue weighted by atomic mass is 79.9. The summed E-state index contributed by atoms with van der Waals surface area (Å²) in [4.78, 5) is 0. The van der Waals surface area contributed by atoms with Crippen molar-refractivity contribution < 1.29 is 9.84 Å². The molecule has 0 aliphatic heterocycles. The zero-order chi connectivity index (χ0) is 9.84. The first-order chi connectivity index (χ1) is 6.19. The molecule has 3 N–H and O–H groups in total. The summed E-state index contributed by atoms with van der Waals surface area (Å²) in [7, 11) is 1.57. The Morgan fingerprint density at radius 3 is 2.85 bits per heavy atom. The summed E-state index contributed by atoms with van der Waals surface area (Å²) in [5, 5.41) is 9.54. The molecule has 4 heteroatoms. The lowest BCUT2D eigenvalue weighted by atomic mass is 10.1. The minimum atomic E-state index is -0.674. The van der Waals surface area contributed by atoms with Gasteiger partial charge in [0.05, 0.1) is 13.2 Å². The molecule has 0 amide bonds. The van der Waals surface area contributed by atoms with E-state index >= 15 is 0 Å². The molecule has 13 heavy (non-hydrogen) atoms. The van der Waals surface area contributed by atoms with Gasteiger partial charge in [-0.2, -0.15) is 0 Å². The van der Waals surface area contributed by atoms with Gasteiger partial charge < -0.3 is 15.6 Å². The summed E-state index contributed by atoms with van der Waals surface area (Å²) in [6, 6.07) is 5.44. The van der Waals surface area contributed by atoms with E-state index < -0.39 is 6.10 Å². The SMILES string of the molecule is COc1ccc(Br)cc1C(O)CN. The highest BCUT2D eigenvalue weighted by molar-refractivity contribution is 9.10. The van der Waals surface area contributed by atoms with Gasteiger partial charge in [-0.15, -0.1) is 0 Å². The molecule has 72 valence electrons. The Labute approximate surface area is 85.6 Å². The molecular weight excluding hydrogens is 234 g/mol. The van der Waals surface area contributed by atoms with Gasteiger partial charge in [0.25, 0.3) is 0 Å². The molecule has 0 saturated heterocycles. The molecule has 0 aliphatic carbocycles. The molecular formula is C9H12BrNO2. The fourth-order valence-corrected chi connectivity index (χ4v) is 1.47. The van der Waals surface area contributed by atoms with E-state index in [0.29, 0.717) is 11.3 Å². The number of nitrogens with two attached hydrogens (primary N) is 1. The largest absolute Gasteiger partial charge is 0.496 e. The van der Waals surface area contributed by atoms with E-state index in [2.05, 4.69) is 15.9 Å². The van der Waals surface area contributed by atoms with Crippen molar-refractivity contribution in [2.45, 2.75) is 6.10 Å². The quantitative estimate of drug-likeness (QED) is 0.848. The van der Waals surface area contributed by atoms with Gasteiger partial charge in [0.1, 0.15) is 5.75 Å². The number of benzene rings is 1. The van der Waals surface area contributed by atoms with E-state index in [-0.39, 0.29) is 6.54 Å². The van der Waals surface area contributed by atoms with Gasteiger partial charge in [0.15, 0.2) is 0 Å². The number of halogens is 1. The number of rotatable bonds is 3. The lowest BCUT2D eigenvalue weighted by Crippen LogP contribution is -2.12. The van der Waals surface area contributed by atoms with Crippen LogP contribution in [0.1, 0.15) is 11.7 Å². The average Bonchev–Trinajstić information content (AvgIpc) is 2.16. The van der Waals surface area contributed by atoms with E-state index in [1.807, 2.05) is 6.07 Å². The van der Waals surface area contributed by atoms with Crippen molar-refractivity contribution >= 4 is 15.9 Å². The molecule has 1 unspecified atom stereocenters. The lowest BCUT2D eigenvalue weighted by Gasteiger charge is -2.12. The normalized spacial score (nSPS) is 12.6. The molecule has 1 atom stereocenters. The van der Waals surface area contributed by atoms with Crippen LogP contribution in [0.3, 0.4) is 0 Å². The first-order valence-electron chi connectivity index (χ1n) is 3.90. The number of hydrogen-bond donors (Lipinski definition) is 2. The zero-order valence-corrected chi connectivity index (χ0v) is 8.91. The van der Waals surface area contributed by atoms with Crippen molar-refractivity contribution in [3.8, 4) is 5.75 Å². The summed E-state index contributed by atoms with van der Waals surface area (Å²) in [6.07, 6.45) is -0.674. The van der Waals surface area contributed by atoms with Crippen molar-refractivity contribution in [3.63, 3.8) is 0 Å². The molecule has 0 spiro atoms. The maximum absolute atomic E-state index is 9.54. The van der Waals surface area contributed by atoms with E-state index in [1.165, 1.54) is 0 Å². The van der Waals surface area contributed by atoms with Gasteiger partial charge in [-0.25, -0.2) is 0 Å². The molecule has 0 fully saturated rings. The van der Waals surface area contributed by atoms with Crippen molar-refractivity contribution in [2.24, 2.45) is 5.73 Å². The second-order valence-electron chi connectivity index (χ2n) is 2.64. The van der Waals surface area contributed by atoms with Crippen LogP contribution in [0.4, 0.5) is 0 Å². The third kappa shape index (κ3) is 2.43. The van der Waals surface area contributed by atoms with Crippen LogP contribution in [0.2, 0.25) is 0 Å². The van der Waals surface area contributed by atoms with Crippen LogP contribution in [-0.2, 0) is 0 Å². The number of aliphatic hydroxyl groups is 1. The standard InChI is InChI=1S/C9H12BrNO2/c1-13-9-3-2-6(10)4-7(9)8(12)5-11/h2-4,8,12H,5,11H2,1H3. The fourth-order valence-electron chi connectivity index (χ4n) is 1.09. The predicted molar refractivity (Wildman–Crippen MR) is 54.7 cm³/mol. The van der Waals surface area contributed by atoms with Gasteiger partial charge in [-0.05, 0) is 18.2 Å². The van der Waals surface area contributed by atoms with Crippen LogP contribution in [0.15, 0.2) is 22.7 Å². The summed E-state index contributed by atoms with van der Waals surface area (Å²) >= 11 is 3.32. The van der Waals surface area contributed by atoms with Gasteiger partial charge in [-0.3, -0.25) is 0 Å². The Bertz CT molecular complexity index is 291. The highest BCUT2D eigenvalue weighted by Gasteiger charge is 2.11. The van der Waals surface area contributed by atoms with Crippen LogP contribution in [-0.4, -0.2) is 18.8 Å². The summed E-state index contributed by atoms with van der Waals surface area (Å²) in [5.74, 6) is 0.654. The molecule has 1 rings (SSSR count). The van der Waals surface area contributed by atoms with E-state index in [9.17, 15) is 5.11 Å². The Morgan fingerprint density at radius 2 is 2.31 bits per heavy atom. The van der Waals surface area contributed by atoms with E-state index in [0.717, 1.165) is 4.47 Å². The summed E-state index contributed by atoms with van der Waals surface area (Å²) in [6.45, 7) is 0.187. The monoisotopic (exact) mass is 245 g/mol. The maximum Gasteiger partial charge on any atom is 0.124 e. The van der Waals surface area contributed by atoms with Gasteiger partial charge in [0.2, 0.25) is 0 Å². The van der Waals surface area contributed by atoms with E-state index in [1.54, 1.807) is 19.2 Å². The highest BCUT2D eigenvalue weighted by Crippen LogP contribution is 2.27. The van der Waals surface area contributed by atoms with E-state index in [4.69, 9.17) is 10.5 Å². The molecule has 1 aromatic rings. The molecule has 0 heterocycles. The van der Waals surface area contributed by atoms with Gasteiger partial charge in [0, 0.05) is 16.6 Å². The fraction of sp³-hybridized carbons (Fsp3) is 0.333. The van der Waals surface area contributed by atoms with Crippen LogP contribution in [0.5, 0.6) is 5.75 Å². The second-order valence-corrected chi connectivity index (χ2v) is 3.55. The van der Waals surface area contributed by atoms with Crippen LogP contribution in [0.25, 0.3) is 0 Å². The predicted octanol–water partition coefficient (Wildman–Crippen LogP) is 1.45. The van der Waals surface area contributed by atoms with Crippen molar-refractivity contribution in [1.82, 2.24) is 0 Å². The molecule has 0 aliphatic rings.